The summed E-state index contributed by atoms with van der Waals surface area (Å²) in [6.07, 6.45) is 4.99. The minimum atomic E-state index is 0.00658. The third-order valence-corrected chi connectivity index (χ3v) is 2.79. The molecule has 1 rings (SSSR count). The van der Waals surface area contributed by atoms with Crippen LogP contribution in [0.5, 0.6) is 0 Å². The zero-order valence-electron chi connectivity index (χ0n) is 10.2. The molecule has 0 unspecified atom stereocenters. The fourth-order valence-corrected chi connectivity index (χ4v) is 2.12. The second-order valence-corrected chi connectivity index (χ2v) is 5.35. The Morgan fingerprint density at radius 3 is 2.29 bits per heavy atom. The molecule has 0 radical (unpaired) electrons. The largest absolute Gasteiger partial charge is 0.369 e. The molecule has 1 aliphatic carbocycles. The van der Waals surface area contributed by atoms with E-state index in [1.54, 1.807) is 0 Å². The predicted molar refractivity (Wildman–Crippen MR) is 60.6 cm³/mol. The van der Waals surface area contributed by atoms with Gasteiger partial charge in [0.05, 0.1) is 11.2 Å². The molecule has 0 bridgehead atoms. The van der Waals surface area contributed by atoms with Gasteiger partial charge in [-0.05, 0) is 59.5 Å². The summed E-state index contributed by atoms with van der Waals surface area (Å²) in [5.41, 5.74) is 0.201. The van der Waals surface area contributed by atoms with Gasteiger partial charge in [-0.2, -0.15) is 0 Å². The highest BCUT2D eigenvalue weighted by Gasteiger charge is 2.40. The van der Waals surface area contributed by atoms with Crippen LogP contribution in [0.4, 0.5) is 0 Å². The molecule has 1 saturated carbocycles. The summed E-state index contributed by atoms with van der Waals surface area (Å²) in [5.74, 6) is 0. The Morgan fingerprint density at radius 2 is 1.93 bits per heavy atom. The van der Waals surface area contributed by atoms with Crippen molar-refractivity contribution < 1.29 is 4.74 Å². The van der Waals surface area contributed by atoms with Crippen molar-refractivity contribution in [2.75, 3.05) is 13.1 Å². The topological polar surface area (TPSA) is 21.3 Å². The highest BCUT2D eigenvalue weighted by molar-refractivity contribution is 4.92. The molecule has 2 nitrogen and oxygen atoms in total. The van der Waals surface area contributed by atoms with E-state index in [0.29, 0.717) is 0 Å². The third kappa shape index (κ3) is 3.58. The van der Waals surface area contributed by atoms with Crippen molar-refractivity contribution in [3.63, 3.8) is 0 Å². The smallest absolute Gasteiger partial charge is 0.0701 e. The van der Waals surface area contributed by atoms with Crippen LogP contribution in [-0.4, -0.2) is 24.3 Å². The zero-order valence-corrected chi connectivity index (χ0v) is 10.2. The van der Waals surface area contributed by atoms with Crippen LogP contribution in [0.25, 0.3) is 0 Å². The van der Waals surface area contributed by atoms with Crippen LogP contribution in [0.3, 0.4) is 0 Å². The molecule has 14 heavy (non-hydrogen) atoms. The van der Waals surface area contributed by atoms with Gasteiger partial charge in [0.15, 0.2) is 0 Å². The first-order valence-electron chi connectivity index (χ1n) is 5.88. The second-order valence-electron chi connectivity index (χ2n) is 5.35. The minimum Gasteiger partial charge on any atom is -0.369 e. The van der Waals surface area contributed by atoms with E-state index in [1.165, 1.54) is 19.3 Å². The number of ether oxygens (including phenoxy) is 1. The molecular weight excluding hydrogens is 174 g/mol. The fourth-order valence-electron chi connectivity index (χ4n) is 2.12. The monoisotopic (exact) mass is 199 g/mol. The molecule has 0 aromatic rings. The molecule has 0 saturated heterocycles. The first-order chi connectivity index (χ1) is 6.47. The van der Waals surface area contributed by atoms with Gasteiger partial charge in [0, 0.05) is 0 Å². The molecule has 0 aromatic heterocycles. The molecule has 0 heterocycles. The van der Waals surface area contributed by atoms with Gasteiger partial charge < -0.3 is 10.1 Å². The van der Waals surface area contributed by atoms with E-state index in [2.05, 4.69) is 33.0 Å². The number of hydrogen-bond donors (Lipinski definition) is 1. The summed E-state index contributed by atoms with van der Waals surface area (Å²) in [7, 11) is 0. The average Bonchev–Trinajstić information content (AvgIpc) is 1.98. The predicted octanol–water partition coefficient (Wildman–Crippen LogP) is 2.72. The van der Waals surface area contributed by atoms with Crippen LogP contribution in [0.1, 0.15) is 53.4 Å². The molecule has 0 amide bonds. The van der Waals surface area contributed by atoms with E-state index in [-0.39, 0.29) is 11.2 Å². The summed E-state index contributed by atoms with van der Waals surface area (Å²) in [6, 6.07) is 0. The van der Waals surface area contributed by atoms with Gasteiger partial charge in [0.2, 0.25) is 0 Å². The normalized spacial score (nSPS) is 20.6. The van der Waals surface area contributed by atoms with Crippen LogP contribution < -0.4 is 5.32 Å². The molecule has 84 valence electrons. The van der Waals surface area contributed by atoms with E-state index < -0.39 is 0 Å². The van der Waals surface area contributed by atoms with E-state index in [0.717, 1.165) is 19.5 Å². The van der Waals surface area contributed by atoms with Crippen molar-refractivity contribution >= 4 is 0 Å². The molecule has 0 spiro atoms. The van der Waals surface area contributed by atoms with Crippen LogP contribution in [0, 0.1) is 0 Å². The molecule has 1 N–H and O–H groups in total. The Kier molecular flexibility index (Phi) is 3.96. The highest BCUT2D eigenvalue weighted by Crippen LogP contribution is 2.41. The zero-order chi connectivity index (χ0) is 10.7. The minimum absolute atomic E-state index is 0.00658. The lowest BCUT2D eigenvalue weighted by Crippen LogP contribution is -2.47. The summed E-state index contributed by atoms with van der Waals surface area (Å²) >= 11 is 0. The molecule has 0 aromatic carbocycles. The molecule has 0 atom stereocenters. The average molecular weight is 199 g/mol. The lowest BCUT2D eigenvalue weighted by atomic mass is 9.77. The Labute approximate surface area is 88.4 Å². The van der Waals surface area contributed by atoms with Crippen molar-refractivity contribution in [1.82, 2.24) is 5.32 Å². The molecule has 1 aliphatic rings. The second kappa shape index (κ2) is 4.63. The first kappa shape index (κ1) is 12.0. The molecule has 0 aliphatic heterocycles. The maximum atomic E-state index is 6.17. The molecular formula is C12H25NO. The van der Waals surface area contributed by atoms with Crippen molar-refractivity contribution in [3.8, 4) is 0 Å². The van der Waals surface area contributed by atoms with Crippen molar-refractivity contribution in [1.29, 1.82) is 0 Å². The standard InChI is InChI=1S/C12H25NO/c1-5-13-10-9-12(7-6-8-12)14-11(2,3)4/h13H,5-10H2,1-4H3. The van der Waals surface area contributed by atoms with Gasteiger partial charge in [-0.1, -0.05) is 6.92 Å². The lowest BCUT2D eigenvalue weighted by Gasteiger charge is -2.46. The summed E-state index contributed by atoms with van der Waals surface area (Å²) in [4.78, 5) is 0. The number of rotatable bonds is 5. The van der Waals surface area contributed by atoms with Crippen LogP contribution >= 0.6 is 0 Å². The summed E-state index contributed by atoms with van der Waals surface area (Å²) in [5, 5.41) is 3.38. The molecule has 1 fully saturated rings. The Bertz CT molecular complexity index is 168. The van der Waals surface area contributed by atoms with Crippen LogP contribution in [-0.2, 0) is 4.74 Å². The SMILES string of the molecule is CCNCCC1(OC(C)(C)C)CCC1. The van der Waals surface area contributed by atoms with Crippen LogP contribution in [0.2, 0.25) is 0 Å². The van der Waals surface area contributed by atoms with Crippen LogP contribution in [0.15, 0.2) is 0 Å². The van der Waals surface area contributed by atoms with Gasteiger partial charge in [0.25, 0.3) is 0 Å². The summed E-state index contributed by atoms with van der Waals surface area (Å²) in [6.45, 7) is 10.8. The number of nitrogens with one attached hydrogen (secondary N) is 1. The maximum absolute atomic E-state index is 6.17. The number of hydrogen-bond acceptors (Lipinski definition) is 2. The van der Waals surface area contributed by atoms with Gasteiger partial charge in [0.1, 0.15) is 0 Å². The summed E-state index contributed by atoms with van der Waals surface area (Å²) < 4.78 is 6.17. The third-order valence-electron chi connectivity index (χ3n) is 2.79. The maximum Gasteiger partial charge on any atom is 0.0701 e. The van der Waals surface area contributed by atoms with Gasteiger partial charge in [-0.25, -0.2) is 0 Å². The first-order valence-corrected chi connectivity index (χ1v) is 5.88. The quantitative estimate of drug-likeness (QED) is 0.687. The van der Waals surface area contributed by atoms with Crippen molar-refractivity contribution in [2.45, 2.75) is 64.6 Å². The Balaban J connectivity index is 2.34. The fraction of sp³-hybridized carbons (Fsp3) is 1.00. The van der Waals surface area contributed by atoms with Crippen molar-refractivity contribution in [2.24, 2.45) is 0 Å². The van der Waals surface area contributed by atoms with E-state index >= 15 is 0 Å². The molecule has 2 heteroatoms. The van der Waals surface area contributed by atoms with Gasteiger partial charge >= 0.3 is 0 Å². The van der Waals surface area contributed by atoms with Gasteiger partial charge in [-0.15, -0.1) is 0 Å². The van der Waals surface area contributed by atoms with Crippen molar-refractivity contribution in [3.05, 3.63) is 0 Å². The Morgan fingerprint density at radius 1 is 1.29 bits per heavy atom. The van der Waals surface area contributed by atoms with E-state index in [4.69, 9.17) is 4.74 Å². The lowest BCUT2D eigenvalue weighted by molar-refractivity contribution is -0.173. The Hall–Kier alpha value is -0.0800. The van der Waals surface area contributed by atoms with E-state index in [1.807, 2.05) is 0 Å². The van der Waals surface area contributed by atoms with Gasteiger partial charge in [-0.3, -0.25) is 0 Å². The van der Waals surface area contributed by atoms with E-state index in [9.17, 15) is 0 Å². The highest BCUT2D eigenvalue weighted by atomic mass is 16.5.